The number of hydrogen-bond donors (Lipinski definition) is 2. The largest absolute Gasteiger partial charge is 0.376 e. The summed E-state index contributed by atoms with van der Waals surface area (Å²) in [5.41, 5.74) is 1.65. The fourth-order valence-electron chi connectivity index (χ4n) is 4.31. The summed E-state index contributed by atoms with van der Waals surface area (Å²) in [5, 5.41) is 16.6. The number of nitrogens with one attached hydrogen (secondary N) is 2. The molecule has 2 fully saturated rings. The number of benzene rings is 2. The normalized spacial score (nSPS) is 17.9. The maximum absolute atomic E-state index is 13.1. The summed E-state index contributed by atoms with van der Waals surface area (Å²) in [6.07, 6.45) is 5.23. The van der Waals surface area contributed by atoms with Gasteiger partial charge in [-0.2, -0.15) is 0 Å². The second kappa shape index (κ2) is 10.8. The molecule has 2 saturated heterocycles. The van der Waals surface area contributed by atoms with Crippen LogP contribution in [-0.2, 0) is 4.74 Å². The highest BCUT2D eigenvalue weighted by molar-refractivity contribution is 6.34. The molecule has 2 aromatic carbocycles. The fraction of sp³-hybridized carbons (Fsp3) is 0.417. The summed E-state index contributed by atoms with van der Waals surface area (Å²) in [6, 6.07) is 8.93. The zero-order valence-electron chi connectivity index (χ0n) is 18.7. The first kappa shape index (κ1) is 24.0. The van der Waals surface area contributed by atoms with Gasteiger partial charge in [-0.25, -0.2) is 0 Å². The summed E-state index contributed by atoms with van der Waals surface area (Å²) in [5.74, 6) is -0.739. The molecule has 2 amide bonds. The van der Waals surface area contributed by atoms with E-state index in [1.807, 2.05) is 6.07 Å². The van der Waals surface area contributed by atoms with E-state index >= 15 is 0 Å². The number of halogens is 1. The first-order chi connectivity index (χ1) is 16.4. The summed E-state index contributed by atoms with van der Waals surface area (Å²) in [7, 11) is 0. The van der Waals surface area contributed by atoms with Crippen molar-refractivity contribution in [3.05, 3.63) is 62.7 Å². The third kappa shape index (κ3) is 5.66. The summed E-state index contributed by atoms with van der Waals surface area (Å²) in [6.45, 7) is 2.89. The Labute approximate surface area is 202 Å². The van der Waals surface area contributed by atoms with Crippen molar-refractivity contribution in [3.63, 3.8) is 0 Å². The lowest BCUT2D eigenvalue weighted by Gasteiger charge is -2.30. The first-order valence-corrected chi connectivity index (χ1v) is 11.8. The van der Waals surface area contributed by atoms with Crippen LogP contribution in [0.4, 0.5) is 17.1 Å². The van der Waals surface area contributed by atoms with Crippen molar-refractivity contribution in [3.8, 4) is 0 Å². The van der Waals surface area contributed by atoms with Crippen molar-refractivity contribution in [2.24, 2.45) is 0 Å². The molecule has 4 rings (SSSR count). The zero-order chi connectivity index (χ0) is 24.1. The number of piperidine rings is 1. The highest BCUT2D eigenvalue weighted by Crippen LogP contribution is 2.29. The Kier molecular flexibility index (Phi) is 7.64. The molecular weight excluding hydrogens is 460 g/mol. The second-order valence-corrected chi connectivity index (χ2v) is 8.91. The monoisotopic (exact) mass is 486 g/mol. The van der Waals surface area contributed by atoms with E-state index in [1.54, 1.807) is 12.1 Å². The van der Waals surface area contributed by atoms with Crippen molar-refractivity contribution >= 4 is 40.5 Å². The third-order valence-electron chi connectivity index (χ3n) is 6.12. The molecule has 2 aromatic rings. The molecule has 0 aromatic heterocycles. The molecule has 10 heteroatoms. The lowest BCUT2D eigenvalue weighted by Crippen LogP contribution is -2.35. The Balaban J connectivity index is 1.55. The lowest BCUT2D eigenvalue weighted by atomic mass is 10.1. The number of carbonyl (C=O) groups is 2. The topological polar surface area (TPSA) is 114 Å². The Morgan fingerprint density at radius 2 is 1.85 bits per heavy atom. The summed E-state index contributed by atoms with van der Waals surface area (Å²) < 4.78 is 5.61. The smallest absolute Gasteiger partial charge is 0.270 e. The van der Waals surface area contributed by atoms with Crippen LogP contribution in [0, 0.1) is 10.1 Å². The number of anilines is 2. The van der Waals surface area contributed by atoms with Gasteiger partial charge >= 0.3 is 0 Å². The summed E-state index contributed by atoms with van der Waals surface area (Å²) >= 11 is 6.10. The van der Waals surface area contributed by atoms with E-state index in [-0.39, 0.29) is 28.3 Å². The predicted molar refractivity (Wildman–Crippen MR) is 130 cm³/mol. The van der Waals surface area contributed by atoms with Crippen LogP contribution in [0.1, 0.15) is 52.8 Å². The second-order valence-electron chi connectivity index (χ2n) is 8.50. The molecule has 180 valence electrons. The van der Waals surface area contributed by atoms with Crippen molar-refractivity contribution in [2.45, 2.75) is 38.2 Å². The van der Waals surface area contributed by atoms with E-state index in [0.717, 1.165) is 50.5 Å². The van der Waals surface area contributed by atoms with Gasteiger partial charge in [0.05, 0.1) is 27.2 Å². The highest BCUT2D eigenvalue weighted by Gasteiger charge is 2.22. The van der Waals surface area contributed by atoms with Crippen LogP contribution in [0.15, 0.2) is 36.4 Å². The third-order valence-corrected chi connectivity index (χ3v) is 6.43. The van der Waals surface area contributed by atoms with Gasteiger partial charge < -0.3 is 20.3 Å². The van der Waals surface area contributed by atoms with Gasteiger partial charge in [-0.1, -0.05) is 11.6 Å². The number of nitro benzene ring substituents is 1. The van der Waals surface area contributed by atoms with E-state index in [9.17, 15) is 19.7 Å². The van der Waals surface area contributed by atoms with Crippen LogP contribution in [0.2, 0.25) is 5.02 Å². The number of hydrogen-bond acceptors (Lipinski definition) is 6. The molecule has 1 unspecified atom stereocenters. The van der Waals surface area contributed by atoms with Gasteiger partial charge in [0.1, 0.15) is 0 Å². The van der Waals surface area contributed by atoms with Gasteiger partial charge in [0.15, 0.2) is 0 Å². The molecule has 2 heterocycles. The van der Waals surface area contributed by atoms with Gasteiger partial charge in [0.2, 0.25) is 0 Å². The van der Waals surface area contributed by atoms with Gasteiger partial charge in [0, 0.05) is 49.7 Å². The van der Waals surface area contributed by atoms with E-state index in [0.29, 0.717) is 24.4 Å². The minimum absolute atomic E-state index is 0.0221. The van der Waals surface area contributed by atoms with Crippen LogP contribution in [-0.4, -0.2) is 49.1 Å². The SMILES string of the molecule is O=C(Nc1ccc(N2CCCCC2)c(C(=O)NCC2CCCO2)c1)c1ccc([N+](=O)[O-])cc1Cl. The van der Waals surface area contributed by atoms with Crippen molar-refractivity contribution in [2.75, 3.05) is 36.5 Å². The molecule has 0 radical (unpaired) electrons. The Morgan fingerprint density at radius 1 is 1.06 bits per heavy atom. The van der Waals surface area contributed by atoms with Crippen LogP contribution in [0.5, 0.6) is 0 Å². The minimum atomic E-state index is -0.575. The average Bonchev–Trinajstić information content (AvgIpc) is 3.36. The van der Waals surface area contributed by atoms with Gasteiger partial charge in [-0.05, 0) is 56.4 Å². The molecule has 0 saturated carbocycles. The molecule has 0 spiro atoms. The fourth-order valence-corrected chi connectivity index (χ4v) is 4.57. The van der Waals surface area contributed by atoms with E-state index in [2.05, 4.69) is 15.5 Å². The van der Waals surface area contributed by atoms with Crippen LogP contribution in [0.3, 0.4) is 0 Å². The van der Waals surface area contributed by atoms with Crippen molar-refractivity contribution in [1.82, 2.24) is 5.32 Å². The molecule has 2 N–H and O–H groups in total. The number of non-ortho nitro benzene ring substituents is 1. The van der Waals surface area contributed by atoms with Crippen LogP contribution >= 0.6 is 11.6 Å². The number of rotatable bonds is 7. The maximum Gasteiger partial charge on any atom is 0.270 e. The summed E-state index contributed by atoms with van der Waals surface area (Å²) in [4.78, 5) is 38.5. The number of nitrogens with zero attached hydrogens (tertiary/aromatic N) is 2. The molecule has 9 nitrogen and oxygen atoms in total. The van der Waals surface area contributed by atoms with Gasteiger partial charge in [-0.3, -0.25) is 19.7 Å². The number of carbonyl (C=O) groups excluding carboxylic acids is 2. The predicted octanol–water partition coefficient (Wildman–Crippen LogP) is 4.40. The average molecular weight is 487 g/mol. The Morgan fingerprint density at radius 3 is 2.53 bits per heavy atom. The standard InChI is InChI=1S/C24H27ClN4O5/c25-21-14-17(29(32)33)7-8-19(21)24(31)27-16-6-9-22(28-10-2-1-3-11-28)20(13-16)23(30)26-15-18-5-4-12-34-18/h6-9,13-14,18H,1-5,10-12,15H2,(H,26,30)(H,27,31). The Bertz CT molecular complexity index is 1080. The van der Waals surface area contributed by atoms with E-state index < -0.39 is 10.8 Å². The van der Waals surface area contributed by atoms with Gasteiger partial charge in [-0.15, -0.1) is 0 Å². The highest BCUT2D eigenvalue weighted by atomic mass is 35.5. The first-order valence-electron chi connectivity index (χ1n) is 11.5. The zero-order valence-corrected chi connectivity index (χ0v) is 19.5. The van der Waals surface area contributed by atoms with Crippen molar-refractivity contribution in [1.29, 1.82) is 0 Å². The Hall–Kier alpha value is -3.17. The molecule has 1 atom stereocenters. The quantitative estimate of drug-likeness (QED) is 0.443. The number of nitro groups is 1. The number of amides is 2. The van der Waals surface area contributed by atoms with Crippen molar-refractivity contribution < 1.29 is 19.2 Å². The maximum atomic E-state index is 13.1. The lowest BCUT2D eigenvalue weighted by molar-refractivity contribution is -0.384. The minimum Gasteiger partial charge on any atom is -0.376 e. The number of ether oxygens (including phenoxy) is 1. The molecule has 2 aliphatic heterocycles. The molecule has 2 aliphatic rings. The van der Waals surface area contributed by atoms with E-state index in [4.69, 9.17) is 16.3 Å². The van der Waals surface area contributed by atoms with Crippen LogP contribution in [0.25, 0.3) is 0 Å². The molecular formula is C24H27ClN4O5. The van der Waals surface area contributed by atoms with Crippen LogP contribution < -0.4 is 15.5 Å². The van der Waals surface area contributed by atoms with Gasteiger partial charge in [0.25, 0.3) is 17.5 Å². The molecule has 0 bridgehead atoms. The molecule has 0 aliphatic carbocycles. The van der Waals surface area contributed by atoms with E-state index in [1.165, 1.54) is 18.6 Å². The molecule has 34 heavy (non-hydrogen) atoms.